The van der Waals surface area contributed by atoms with Crippen LogP contribution in [0.25, 0.3) is 0 Å². The van der Waals surface area contributed by atoms with Crippen LogP contribution in [0.2, 0.25) is 19.6 Å². The van der Waals surface area contributed by atoms with E-state index in [-0.39, 0.29) is 5.75 Å². The molecule has 8 heteroatoms. The van der Waals surface area contributed by atoms with Gasteiger partial charge in [-0.05, 0) is 23.8 Å². The number of nitrogens with one attached hydrogen (secondary N) is 1. The molecule has 0 radical (unpaired) electrons. The van der Waals surface area contributed by atoms with Crippen molar-refractivity contribution in [2.45, 2.75) is 26.2 Å². The second kappa shape index (κ2) is 7.65. The molecule has 1 heterocycles. The van der Waals surface area contributed by atoms with E-state index >= 15 is 0 Å². The Kier molecular flexibility index (Phi) is 6.04. The number of piperazine rings is 1. The van der Waals surface area contributed by atoms with E-state index in [4.69, 9.17) is 0 Å². The third-order valence-electron chi connectivity index (χ3n) is 3.36. The molecule has 0 atom stereocenters. The Balaban J connectivity index is 2.29. The molecule has 1 aromatic rings. The van der Waals surface area contributed by atoms with Gasteiger partial charge in [-0.2, -0.15) is 8.42 Å². The van der Waals surface area contributed by atoms with Crippen molar-refractivity contribution >= 4 is 18.6 Å². The van der Waals surface area contributed by atoms with Crippen LogP contribution < -0.4 is 9.50 Å². The maximum Gasteiger partial charge on any atom is 0.488 e. The molecule has 1 aliphatic heterocycles. The van der Waals surface area contributed by atoms with Crippen molar-refractivity contribution in [3.05, 3.63) is 29.3 Å². The highest BCUT2D eigenvalue weighted by Crippen LogP contribution is 2.21. The minimum Gasteiger partial charge on any atom is -0.358 e. The van der Waals surface area contributed by atoms with E-state index in [1.54, 1.807) is 6.07 Å². The van der Waals surface area contributed by atoms with E-state index in [2.05, 4.69) is 45.5 Å². The van der Waals surface area contributed by atoms with Crippen molar-refractivity contribution in [2.75, 3.05) is 26.2 Å². The number of nitrogens with zero attached hydrogens (tertiary/aromatic N) is 1. The van der Waals surface area contributed by atoms with E-state index in [9.17, 15) is 12.3 Å². The molecule has 5 nitrogen and oxygen atoms in total. The molecule has 0 spiro atoms. The molecule has 132 valence electrons. The standard InChI is InChI=1S/C16H23FN2O3SSi/c1-24(2,3)9-4-14-10-15(13-19-7-5-18-6-8-19)12-16(11-14)22-23(17,20)21/h10-12,18H,5-8,13H2,1-3H3. The van der Waals surface area contributed by atoms with Crippen molar-refractivity contribution in [1.82, 2.24) is 10.2 Å². The average molecular weight is 371 g/mol. The first-order chi connectivity index (χ1) is 11.1. The van der Waals surface area contributed by atoms with Gasteiger partial charge in [0.2, 0.25) is 0 Å². The summed E-state index contributed by atoms with van der Waals surface area (Å²) in [5, 5.41) is 3.28. The van der Waals surface area contributed by atoms with Gasteiger partial charge in [-0.3, -0.25) is 4.90 Å². The van der Waals surface area contributed by atoms with E-state index < -0.39 is 18.6 Å². The molecule has 0 bridgehead atoms. The average Bonchev–Trinajstić information content (AvgIpc) is 2.43. The summed E-state index contributed by atoms with van der Waals surface area (Å²) in [4.78, 5) is 2.25. The third kappa shape index (κ3) is 7.01. The van der Waals surface area contributed by atoms with Crippen LogP contribution in [0.3, 0.4) is 0 Å². The minimum atomic E-state index is -5.05. The second-order valence-corrected chi connectivity index (χ2v) is 12.6. The van der Waals surface area contributed by atoms with E-state index in [0.717, 1.165) is 31.7 Å². The van der Waals surface area contributed by atoms with Crippen molar-refractivity contribution in [2.24, 2.45) is 0 Å². The van der Waals surface area contributed by atoms with Crippen LogP contribution in [0.1, 0.15) is 11.1 Å². The Morgan fingerprint density at radius 2 is 1.92 bits per heavy atom. The van der Waals surface area contributed by atoms with Crippen molar-refractivity contribution < 1.29 is 16.5 Å². The largest absolute Gasteiger partial charge is 0.488 e. The first-order valence-electron chi connectivity index (χ1n) is 7.85. The lowest BCUT2D eigenvalue weighted by atomic mass is 10.1. The predicted molar refractivity (Wildman–Crippen MR) is 95.5 cm³/mol. The highest BCUT2D eigenvalue weighted by Gasteiger charge is 2.15. The maximum atomic E-state index is 12.9. The molecule has 1 N–H and O–H groups in total. The second-order valence-electron chi connectivity index (χ2n) is 6.87. The zero-order valence-corrected chi connectivity index (χ0v) is 16.0. The summed E-state index contributed by atoms with van der Waals surface area (Å²) < 4.78 is 38.9. The maximum absolute atomic E-state index is 12.9. The molecule has 0 aliphatic carbocycles. The van der Waals surface area contributed by atoms with E-state index in [0.29, 0.717) is 12.1 Å². The number of benzene rings is 1. The molecule has 0 saturated carbocycles. The normalized spacial score (nSPS) is 16.3. The molecule has 0 unspecified atom stereocenters. The van der Waals surface area contributed by atoms with Gasteiger partial charge >= 0.3 is 10.5 Å². The molecule has 2 rings (SSSR count). The van der Waals surface area contributed by atoms with Crippen LogP contribution in [-0.4, -0.2) is 47.6 Å². The van der Waals surface area contributed by atoms with Crippen molar-refractivity contribution in [1.29, 1.82) is 0 Å². The van der Waals surface area contributed by atoms with Crippen LogP contribution in [0.5, 0.6) is 5.75 Å². The summed E-state index contributed by atoms with van der Waals surface area (Å²) in [5.74, 6) is 3.03. The van der Waals surface area contributed by atoms with Crippen LogP contribution in [-0.2, 0) is 17.0 Å². The Morgan fingerprint density at radius 3 is 2.50 bits per heavy atom. The monoisotopic (exact) mass is 370 g/mol. The summed E-state index contributed by atoms with van der Waals surface area (Å²) in [7, 11) is -6.63. The molecule has 1 saturated heterocycles. The fourth-order valence-corrected chi connectivity index (χ4v) is 3.22. The smallest absolute Gasteiger partial charge is 0.358 e. The van der Waals surface area contributed by atoms with Crippen molar-refractivity contribution in [3.63, 3.8) is 0 Å². The number of hydrogen-bond donors (Lipinski definition) is 1. The Labute approximate surface area is 144 Å². The minimum absolute atomic E-state index is 0.0370. The highest BCUT2D eigenvalue weighted by molar-refractivity contribution is 7.81. The first-order valence-corrected chi connectivity index (χ1v) is 12.7. The summed E-state index contributed by atoms with van der Waals surface area (Å²) in [5.41, 5.74) is 4.73. The number of rotatable bonds is 4. The lowest BCUT2D eigenvalue weighted by Crippen LogP contribution is -2.42. The van der Waals surface area contributed by atoms with E-state index in [1.807, 2.05) is 6.07 Å². The molecule has 0 amide bonds. The van der Waals surface area contributed by atoms with Gasteiger partial charge in [0.15, 0.2) is 0 Å². The SMILES string of the molecule is C[Si](C)(C)C#Cc1cc(CN2CCNCC2)cc(OS(=O)(=O)F)c1. The summed E-state index contributed by atoms with van der Waals surface area (Å²) in [6.07, 6.45) is 0. The lowest BCUT2D eigenvalue weighted by molar-refractivity contribution is 0.233. The summed E-state index contributed by atoms with van der Waals surface area (Å²) >= 11 is 0. The Bertz CT molecular complexity index is 745. The topological polar surface area (TPSA) is 58.6 Å². The van der Waals surface area contributed by atoms with Crippen LogP contribution in [0, 0.1) is 11.5 Å². The van der Waals surface area contributed by atoms with Gasteiger partial charge in [0, 0.05) is 38.3 Å². The molecular formula is C16H23FN2O3SSi. The first kappa shape index (κ1) is 18.9. The Hall–Kier alpha value is -1.40. The number of halogens is 1. The number of hydrogen-bond acceptors (Lipinski definition) is 5. The molecule has 24 heavy (non-hydrogen) atoms. The zero-order chi connectivity index (χ0) is 17.8. The zero-order valence-electron chi connectivity index (χ0n) is 14.2. The predicted octanol–water partition coefficient (Wildman–Crippen LogP) is 1.91. The van der Waals surface area contributed by atoms with Gasteiger partial charge in [-0.25, -0.2) is 0 Å². The molecule has 0 aromatic heterocycles. The highest BCUT2D eigenvalue weighted by atomic mass is 32.3. The van der Waals surface area contributed by atoms with Gasteiger partial charge in [0.25, 0.3) is 0 Å². The summed E-state index contributed by atoms with van der Waals surface area (Å²) in [6, 6.07) is 4.93. The van der Waals surface area contributed by atoms with Gasteiger partial charge < -0.3 is 9.50 Å². The van der Waals surface area contributed by atoms with Crippen LogP contribution in [0.4, 0.5) is 3.89 Å². The van der Waals surface area contributed by atoms with Gasteiger partial charge in [0.05, 0.1) is 0 Å². The molecule has 1 aromatic carbocycles. The fourth-order valence-electron chi connectivity index (χ4n) is 2.37. The van der Waals surface area contributed by atoms with Crippen LogP contribution in [0.15, 0.2) is 18.2 Å². The van der Waals surface area contributed by atoms with Crippen molar-refractivity contribution in [3.8, 4) is 17.2 Å². The fraction of sp³-hybridized carbons (Fsp3) is 0.500. The van der Waals surface area contributed by atoms with E-state index in [1.165, 1.54) is 6.07 Å². The summed E-state index contributed by atoms with van der Waals surface area (Å²) in [6.45, 7) is 10.6. The Morgan fingerprint density at radius 1 is 1.25 bits per heavy atom. The lowest BCUT2D eigenvalue weighted by Gasteiger charge is -2.27. The van der Waals surface area contributed by atoms with Crippen LogP contribution >= 0.6 is 0 Å². The van der Waals surface area contributed by atoms with Gasteiger partial charge in [-0.15, -0.1) is 5.54 Å². The van der Waals surface area contributed by atoms with Gasteiger partial charge in [-0.1, -0.05) is 29.4 Å². The molecule has 1 aliphatic rings. The quantitative estimate of drug-likeness (QED) is 0.498. The molecular weight excluding hydrogens is 347 g/mol. The molecule has 1 fully saturated rings. The van der Waals surface area contributed by atoms with Gasteiger partial charge in [0.1, 0.15) is 13.8 Å². The third-order valence-corrected chi connectivity index (χ3v) is 4.63.